The minimum atomic E-state index is -0.263. The van der Waals surface area contributed by atoms with E-state index in [1.807, 2.05) is 13.0 Å². The minimum absolute atomic E-state index is 0.0745. The van der Waals surface area contributed by atoms with Crippen LogP contribution in [-0.2, 0) is 14.3 Å². The van der Waals surface area contributed by atoms with Crippen molar-refractivity contribution in [1.82, 2.24) is 5.32 Å². The lowest BCUT2D eigenvalue weighted by Crippen LogP contribution is -2.32. The topological polar surface area (TPSA) is 60.7 Å². The van der Waals surface area contributed by atoms with Crippen LogP contribution in [0, 0.1) is 0 Å². The van der Waals surface area contributed by atoms with E-state index in [1.54, 1.807) is 19.4 Å². The zero-order valence-electron chi connectivity index (χ0n) is 9.56. The molecule has 0 radical (unpaired) electrons. The number of ether oxygens (including phenoxy) is 2. The van der Waals surface area contributed by atoms with E-state index >= 15 is 0 Å². The smallest absolute Gasteiger partial charge is 0.246 e. The molecule has 1 heterocycles. The van der Waals surface area contributed by atoms with Crippen LogP contribution >= 0.6 is 0 Å². The Kier molecular flexibility index (Phi) is 5.60. The summed E-state index contributed by atoms with van der Waals surface area (Å²) in [6.07, 6.45) is 1.31. The van der Waals surface area contributed by atoms with Crippen LogP contribution in [0.5, 0.6) is 0 Å². The van der Waals surface area contributed by atoms with Crippen LogP contribution in [-0.4, -0.2) is 32.8 Å². The Morgan fingerprint density at radius 1 is 1.62 bits per heavy atom. The molecule has 1 aromatic rings. The fourth-order valence-corrected chi connectivity index (χ4v) is 1.23. The minimum Gasteiger partial charge on any atom is -0.467 e. The number of rotatable bonds is 7. The molecule has 0 bridgehead atoms. The molecule has 1 rings (SSSR count). The van der Waals surface area contributed by atoms with Crippen LogP contribution in [0.25, 0.3) is 0 Å². The Hall–Kier alpha value is -1.33. The predicted molar refractivity (Wildman–Crippen MR) is 58.0 cm³/mol. The first kappa shape index (κ1) is 12.7. The summed E-state index contributed by atoms with van der Waals surface area (Å²) in [4.78, 5) is 11.3. The Labute approximate surface area is 94.7 Å². The molecule has 0 unspecified atom stereocenters. The zero-order chi connectivity index (χ0) is 11.8. The first-order valence-electron chi connectivity index (χ1n) is 5.18. The van der Waals surface area contributed by atoms with E-state index in [0.29, 0.717) is 18.9 Å². The second-order valence-corrected chi connectivity index (χ2v) is 3.18. The molecule has 0 saturated heterocycles. The third-order valence-corrected chi connectivity index (χ3v) is 2.07. The van der Waals surface area contributed by atoms with Gasteiger partial charge in [-0.3, -0.25) is 4.79 Å². The van der Waals surface area contributed by atoms with Crippen LogP contribution in [0.3, 0.4) is 0 Å². The summed E-state index contributed by atoms with van der Waals surface area (Å²) in [5.41, 5.74) is 0. The van der Waals surface area contributed by atoms with Gasteiger partial charge in [0.2, 0.25) is 5.91 Å². The van der Waals surface area contributed by atoms with Gasteiger partial charge in [-0.2, -0.15) is 0 Å². The summed E-state index contributed by atoms with van der Waals surface area (Å²) >= 11 is 0. The van der Waals surface area contributed by atoms with E-state index in [1.165, 1.54) is 0 Å². The summed E-state index contributed by atoms with van der Waals surface area (Å²) in [5.74, 6) is 0.537. The zero-order valence-corrected chi connectivity index (χ0v) is 9.56. The Bertz CT molecular complexity index is 297. The number of nitrogens with one attached hydrogen (secondary N) is 1. The molecule has 0 aliphatic carbocycles. The third-order valence-electron chi connectivity index (χ3n) is 2.07. The fraction of sp³-hybridized carbons (Fsp3) is 0.545. The summed E-state index contributed by atoms with van der Waals surface area (Å²) in [5, 5.41) is 2.71. The fourth-order valence-electron chi connectivity index (χ4n) is 1.23. The van der Waals surface area contributed by atoms with Crippen LogP contribution in [0.1, 0.15) is 18.8 Å². The molecule has 1 amide bonds. The number of methoxy groups -OCH3 is 1. The van der Waals surface area contributed by atoms with Crippen molar-refractivity contribution in [2.24, 2.45) is 0 Å². The molecule has 5 nitrogen and oxygen atoms in total. The average Bonchev–Trinajstić information content (AvgIpc) is 2.81. The molecule has 1 atom stereocenters. The lowest BCUT2D eigenvalue weighted by atomic mass is 10.2. The highest BCUT2D eigenvalue weighted by Crippen LogP contribution is 2.15. The van der Waals surface area contributed by atoms with Crippen molar-refractivity contribution in [3.63, 3.8) is 0 Å². The van der Waals surface area contributed by atoms with Crippen molar-refractivity contribution < 1.29 is 18.7 Å². The number of furan rings is 1. The monoisotopic (exact) mass is 227 g/mol. The van der Waals surface area contributed by atoms with E-state index in [2.05, 4.69) is 5.32 Å². The summed E-state index contributed by atoms with van der Waals surface area (Å²) < 4.78 is 15.4. The van der Waals surface area contributed by atoms with Crippen molar-refractivity contribution in [3.05, 3.63) is 24.2 Å². The first-order valence-corrected chi connectivity index (χ1v) is 5.18. The van der Waals surface area contributed by atoms with Gasteiger partial charge in [0.05, 0.1) is 12.8 Å². The Morgan fingerprint density at radius 2 is 2.44 bits per heavy atom. The van der Waals surface area contributed by atoms with Crippen molar-refractivity contribution >= 4 is 5.91 Å². The summed E-state index contributed by atoms with van der Waals surface area (Å²) in [7, 11) is 1.57. The molecule has 0 aromatic carbocycles. The Balaban J connectivity index is 2.32. The molecule has 90 valence electrons. The molecule has 0 aliphatic rings. The van der Waals surface area contributed by atoms with E-state index in [-0.39, 0.29) is 18.6 Å². The highest BCUT2D eigenvalue weighted by atomic mass is 16.5. The quantitative estimate of drug-likeness (QED) is 0.758. The van der Waals surface area contributed by atoms with Gasteiger partial charge in [-0.15, -0.1) is 0 Å². The number of carbonyl (C=O) groups excluding carboxylic acids is 1. The second-order valence-electron chi connectivity index (χ2n) is 3.18. The van der Waals surface area contributed by atoms with Crippen molar-refractivity contribution in [2.45, 2.75) is 13.0 Å². The maximum Gasteiger partial charge on any atom is 0.246 e. The molecular formula is C11H17NO4. The van der Waals surface area contributed by atoms with Gasteiger partial charge in [-0.1, -0.05) is 0 Å². The molecule has 0 fully saturated rings. The molecule has 0 spiro atoms. The van der Waals surface area contributed by atoms with Gasteiger partial charge < -0.3 is 19.2 Å². The highest BCUT2D eigenvalue weighted by Gasteiger charge is 2.14. The third kappa shape index (κ3) is 4.04. The largest absolute Gasteiger partial charge is 0.467 e. The van der Waals surface area contributed by atoms with Gasteiger partial charge in [0.1, 0.15) is 18.5 Å². The maximum absolute atomic E-state index is 11.3. The van der Waals surface area contributed by atoms with E-state index in [9.17, 15) is 4.79 Å². The van der Waals surface area contributed by atoms with Crippen LogP contribution in [0.2, 0.25) is 0 Å². The van der Waals surface area contributed by atoms with Gasteiger partial charge in [0.15, 0.2) is 0 Å². The van der Waals surface area contributed by atoms with Crippen molar-refractivity contribution in [3.8, 4) is 0 Å². The van der Waals surface area contributed by atoms with Crippen LogP contribution in [0.4, 0.5) is 0 Å². The van der Waals surface area contributed by atoms with Crippen molar-refractivity contribution in [2.75, 3.05) is 26.9 Å². The lowest BCUT2D eigenvalue weighted by Gasteiger charge is -2.13. The molecule has 0 saturated carbocycles. The number of hydrogen-bond donors (Lipinski definition) is 1. The first-order chi connectivity index (χ1) is 7.77. The average molecular weight is 227 g/mol. The molecule has 5 heteroatoms. The van der Waals surface area contributed by atoms with Gasteiger partial charge in [-0.05, 0) is 19.1 Å². The number of amides is 1. The summed E-state index contributed by atoms with van der Waals surface area (Å²) in [6.45, 7) is 2.81. The predicted octanol–water partition coefficient (Wildman–Crippen LogP) is 1.12. The van der Waals surface area contributed by atoms with Gasteiger partial charge in [0, 0.05) is 13.7 Å². The maximum atomic E-state index is 11.3. The van der Waals surface area contributed by atoms with Crippen LogP contribution < -0.4 is 5.32 Å². The van der Waals surface area contributed by atoms with Crippen LogP contribution in [0.15, 0.2) is 22.8 Å². The number of carbonyl (C=O) groups is 1. The van der Waals surface area contributed by atoms with Gasteiger partial charge in [0.25, 0.3) is 0 Å². The van der Waals surface area contributed by atoms with Crippen molar-refractivity contribution in [1.29, 1.82) is 0 Å². The van der Waals surface area contributed by atoms with E-state index < -0.39 is 0 Å². The Morgan fingerprint density at radius 3 is 3.00 bits per heavy atom. The second kappa shape index (κ2) is 7.03. The number of hydrogen-bond acceptors (Lipinski definition) is 4. The SMILES string of the molecule is CCOCC(=O)NC[C@H](OC)c1ccco1. The summed E-state index contributed by atoms with van der Waals surface area (Å²) in [6, 6.07) is 3.59. The molecule has 1 N–H and O–H groups in total. The molecule has 16 heavy (non-hydrogen) atoms. The standard InChI is InChI=1S/C11H17NO4/c1-3-15-8-11(13)12-7-10(14-2)9-5-4-6-16-9/h4-6,10H,3,7-8H2,1-2H3,(H,12,13)/t10-/m0/s1. The highest BCUT2D eigenvalue weighted by molar-refractivity contribution is 5.77. The van der Waals surface area contributed by atoms with E-state index in [4.69, 9.17) is 13.9 Å². The molecule has 0 aliphatic heterocycles. The lowest BCUT2D eigenvalue weighted by molar-refractivity contribution is -0.126. The van der Waals surface area contributed by atoms with Gasteiger partial charge in [-0.25, -0.2) is 0 Å². The normalized spacial score (nSPS) is 12.4. The molecule has 1 aromatic heterocycles. The van der Waals surface area contributed by atoms with Gasteiger partial charge >= 0.3 is 0 Å². The van der Waals surface area contributed by atoms with E-state index in [0.717, 1.165) is 0 Å². The molecular weight excluding hydrogens is 210 g/mol.